The highest BCUT2D eigenvalue weighted by atomic mass is 16.5. The van der Waals surface area contributed by atoms with Crippen LogP contribution in [0.1, 0.15) is 23.2 Å². The number of para-hydroxylation sites is 1. The van der Waals surface area contributed by atoms with Gasteiger partial charge in [-0.3, -0.25) is 0 Å². The van der Waals surface area contributed by atoms with Gasteiger partial charge in [-0.05, 0) is 32.0 Å². The molecule has 1 fully saturated rings. The Labute approximate surface area is 113 Å². The summed E-state index contributed by atoms with van der Waals surface area (Å²) in [7, 11) is 3.44. The quantitative estimate of drug-likeness (QED) is 0.662. The topological polar surface area (TPSA) is 64.8 Å². The molecule has 19 heavy (non-hydrogen) atoms. The Balaban J connectivity index is 2.17. The lowest BCUT2D eigenvalue weighted by molar-refractivity contribution is 0.0587. The molecule has 5 heteroatoms. The monoisotopic (exact) mass is 264 g/mol. The second-order valence-corrected chi connectivity index (χ2v) is 4.84. The number of rotatable bonds is 3. The molecule has 5 nitrogen and oxygen atoms in total. The summed E-state index contributed by atoms with van der Waals surface area (Å²) in [5.74, 6) is 0.0270. The Kier molecular flexibility index (Phi) is 4.27. The van der Waals surface area contributed by atoms with Crippen LogP contribution in [0.25, 0.3) is 0 Å². The average Bonchev–Trinajstić information content (AvgIpc) is 2.42. The Morgan fingerprint density at radius 2 is 2.05 bits per heavy atom. The Morgan fingerprint density at radius 1 is 1.37 bits per heavy atom. The first kappa shape index (κ1) is 13.7. The highest BCUT2D eigenvalue weighted by Gasteiger charge is 2.22. The van der Waals surface area contributed by atoms with Crippen LogP contribution in [0.15, 0.2) is 18.2 Å². The van der Waals surface area contributed by atoms with Gasteiger partial charge in [0.25, 0.3) is 0 Å². The largest absolute Gasteiger partial charge is 0.487 e. The van der Waals surface area contributed by atoms with E-state index in [0.29, 0.717) is 17.0 Å². The summed E-state index contributed by atoms with van der Waals surface area (Å²) in [4.78, 5) is 14.0. The number of hydrogen-bond acceptors (Lipinski definition) is 5. The molecule has 1 heterocycles. The van der Waals surface area contributed by atoms with Crippen molar-refractivity contribution in [1.29, 1.82) is 0 Å². The molecule has 0 aliphatic carbocycles. The summed E-state index contributed by atoms with van der Waals surface area (Å²) in [6.45, 7) is 1.98. The molecule has 0 spiro atoms. The third kappa shape index (κ3) is 3.17. The third-order valence-electron chi connectivity index (χ3n) is 3.40. The first-order valence-electron chi connectivity index (χ1n) is 6.44. The second-order valence-electron chi connectivity index (χ2n) is 4.84. The smallest absolute Gasteiger partial charge is 0.341 e. The van der Waals surface area contributed by atoms with Crippen molar-refractivity contribution < 1.29 is 14.3 Å². The van der Waals surface area contributed by atoms with Crippen LogP contribution >= 0.6 is 0 Å². The molecule has 0 saturated carbocycles. The standard InChI is InChI=1S/C14H20N2O3/c1-16-8-6-10(7-9-16)19-13-11(14(17)18-2)4-3-5-12(13)15/h3-5,10H,6-9,15H2,1-2H3. The number of carbonyl (C=O) groups is 1. The summed E-state index contributed by atoms with van der Waals surface area (Å²) in [6, 6.07) is 5.13. The number of nitrogens with two attached hydrogens (primary N) is 1. The zero-order chi connectivity index (χ0) is 13.8. The number of esters is 1. The number of ether oxygens (including phenoxy) is 2. The van der Waals surface area contributed by atoms with Crippen LogP contribution in [-0.4, -0.2) is 44.2 Å². The van der Waals surface area contributed by atoms with Crippen molar-refractivity contribution in [1.82, 2.24) is 4.90 Å². The molecule has 0 amide bonds. The Hall–Kier alpha value is -1.75. The molecule has 1 aromatic carbocycles. The van der Waals surface area contributed by atoms with Gasteiger partial charge >= 0.3 is 5.97 Å². The number of piperidine rings is 1. The number of benzene rings is 1. The maximum atomic E-state index is 11.7. The van der Waals surface area contributed by atoms with Crippen molar-refractivity contribution in [3.8, 4) is 5.75 Å². The first-order valence-corrected chi connectivity index (χ1v) is 6.44. The summed E-state index contributed by atoms with van der Waals surface area (Å²) < 4.78 is 10.7. The molecule has 0 aromatic heterocycles. The molecule has 0 radical (unpaired) electrons. The van der Waals surface area contributed by atoms with E-state index in [1.54, 1.807) is 18.2 Å². The summed E-state index contributed by atoms with van der Waals surface area (Å²) in [5, 5.41) is 0. The van der Waals surface area contributed by atoms with E-state index in [9.17, 15) is 4.79 Å². The van der Waals surface area contributed by atoms with Crippen LogP contribution in [0, 0.1) is 0 Å². The van der Waals surface area contributed by atoms with Gasteiger partial charge in [0.15, 0.2) is 5.75 Å². The normalized spacial score (nSPS) is 17.2. The van der Waals surface area contributed by atoms with Gasteiger partial charge in [0.2, 0.25) is 0 Å². The van der Waals surface area contributed by atoms with Crippen LogP contribution in [0.2, 0.25) is 0 Å². The van der Waals surface area contributed by atoms with Gasteiger partial charge in [-0.25, -0.2) is 4.79 Å². The van der Waals surface area contributed by atoms with E-state index >= 15 is 0 Å². The predicted octanol–water partition coefficient (Wildman–Crippen LogP) is 1.53. The van der Waals surface area contributed by atoms with Gasteiger partial charge in [0.05, 0.1) is 12.8 Å². The average molecular weight is 264 g/mol. The van der Waals surface area contributed by atoms with Crippen molar-refractivity contribution in [2.24, 2.45) is 0 Å². The van der Waals surface area contributed by atoms with Gasteiger partial charge < -0.3 is 20.1 Å². The fraction of sp³-hybridized carbons (Fsp3) is 0.500. The van der Waals surface area contributed by atoms with Gasteiger partial charge in [0, 0.05) is 13.1 Å². The van der Waals surface area contributed by atoms with E-state index in [1.807, 2.05) is 0 Å². The van der Waals surface area contributed by atoms with Crippen molar-refractivity contribution in [3.05, 3.63) is 23.8 Å². The van der Waals surface area contributed by atoms with E-state index in [2.05, 4.69) is 11.9 Å². The number of methoxy groups -OCH3 is 1. The summed E-state index contributed by atoms with van der Waals surface area (Å²) >= 11 is 0. The SMILES string of the molecule is COC(=O)c1cccc(N)c1OC1CCN(C)CC1. The zero-order valence-electron chi connectivity index (χ0n) is 11.4. The first-order chi connectivity index (χ1) is 9.11. The van der Waals surface area contributed by atoms with Gasteiger partial charge in [-0.2, -0.15) is 0 Å². The van der Waals surface area contributed by atoms with Gasteiger partial charge in [-0.1, -0.05) is 6.07 Å². The molecular formula is C14H20N2O3. The number of anilines is 1. The zero-order valence-corrected chi connectivity index (χ0v) is 11.4. The second kappa shape index (κ2) is 5.93. The number of nitrogen functional groups attached to an aromatic ring is 1. The van der Waals surface area contributed by atoms with E-state index < -0.39 is 5.97 Å². The molecule has 1 aliphatic heterocycles. The van der Waals surface area contributed by atoms with Gasteiger partial charge in [0.1, 0.15) is 11.7 Å². The number of likely N-dealkylation sites (tertiary alicyclic amines) is 1. The lowest BCUT2D eigenvalue weighted by Crippen LogP contribution is -2.36. The van der Waals surface area contributed by atoms with E-state index in [4.69, 9.17) is 15.2 Å². The molecule has 104 valence electrons. The molecular weight excluding hydrogens is 244 g/mol. The van der Waals surface area contributed by atoms with Crippen LogP contribution in [0.4, 0.5) is 5.69 Å². The molecule has 0 unspecified atom stereocenters. The maximum absolute atomic E-state index is 11.7. The molecule has 0 bridgehead atoms. The lowest BCUT2D eigenvalue weighted by atomic mass is 10.1. The van der Waals surface area contributed by atoms with Crippen molar-refractivity contribution in [2.45, 2.75) is 18.9 Å². The minimum absolute atomic E-state index is 0.101. The van der Waals surface area contributed by atoms with Gasteiger partial charge in [-0.15, -0.1) is 0 Å². The fourth-order valence-corrected chi connectivity index (χ4v) is 2.23. The highest BCUT2D eigenvalue weighted by molar-refractivity contribution is 5.94. The molecule has 2 rings (SSSR count). The highest BCUT2D eigenvalue weighted by Crippen LogP contribution is 2.29. The van der Waals surface area contributed by atoms with Crippen LogP contribution in [0.5, 0.6) is 5.75 Å². The molecule has 0 atom stereocenters. The van der Waals surface area contributed by atoms with Crippen LogP contribution < -0.4 is 10.5 Å². The van der Waals surface area contributed by atoms with Crippen molar-refractivity contribution in [3.63, 3.8) is 0 Å². The molecule has 1 saturated heterocycles. The van der Waals surface area contributed by atoms with Crippen molar-refractivity contribution >= 4 is 11.7 Å². The Morgan fingerprint density at radius 3 is 2.68 bits per heavy atom. The number of hydrogen-bond donors (Lipinski definition) is 1. The van der Waals surface area contributed by atoms with Crippen LogP contribution in [0.3, 0.4) is 0 Å². The van der Waals surface area contributed by atoms with Crippen LogP contribution in [-0.2, 0) is 4.74 Å². The van der Waals surface area contributed by atoms with E-state index in [1.165, 1.54) is 7.11 Å². The third-order valence-corrected chi connectivity index (χ3v) is 3.40. The van der Waals surface area contributed by atoms with E-state index in [-0.39, 0.29) is 6.10 Å². The van der Waals surface area contributed by atoms with E-state index in [0.717, 1.165) is 25.9 Å². The van der Waals surface area contributed by atoms with Crippen molar-refractivity contribution in [2.75, 3.05) is 33.0 Å². The molecule has 2 N–H and O–H groups in total. The predicted molar refractivity (Wildman–Crippen MR) is 73.3 cm³/mol. The lowest BCUT2D eigenvalue weighted by Gasteiger charge is -2.30. The Bertz CT molecular complexity index is 454. The summed E-state index contributed by atoms with van der Waals surface area (Å²) in [5.41, 5.74) is 6.78. The number of nitrogens with zero attached hydrogens (tertiary/aromatic N) is 1. The summed E-state index contributed by atoms with van der Waals surface area (Å²) in [6.07, 6.45) is 1.97. The number of carbonyl (C=O) groups excluding carboxylic acids is 1. The fourth-order valence-electron chi connectivity index (χ4n) is 2.23. The molecule has 1 aliphatic rings. The molecule has 1 aromatic rings. The minimum atomic E-state index is -0.421. The maximum Gasteiger partial charge on any atom is 0.341 e. The minimum Gasteiger partial charge on any atom is -0.487 e.